The molecule has 23 heavy (non-hydrogen) atoms. The van der Waals surface area contributed by atoms with Gasteiger partial charge in [0.15, 0.2) is 0 Å². The van der Waals surface area contributed by atoms with Crippen molar-refractivity contribution in [1.29, 1.82) is 0 Å². The van der Waals surface area contributed by atoms with Gasteiger partial charge in [0, 0.05) is 25.2 Å². The smallest absolute Gasteiger partial charge is 0.119 e. The minimum Gasteiger partial charge on any atom is -0.497 e. The molecule has 1 heterocycles. The van der Waals surface area contributed by atoms with Crippen molar-refractivity contribution in [3.63, 3.8) is 0 Å². The number of ether oxygens (including phenoxy) is 1. The molecule has 0 radical (unpaired) electrons. The molecule has 1 fully saturated rings. The number of benzene rings is 2. The average molecular weight is 310 g/mol. The van der Waals surface area contributed by atoms with E-state index in [1.807, 2.05) is 6.07 Å². The second kappa shape index (κ2) is 7.16. The molecule has 0 amide bonds. The van der Waals surface area contributed by atoms with Gasteiger partial charge in [-0.05, 0) is 43.1 Å². The Balaban J connectivity index is 1.69. The SMILES string of the molecule is CNC1(c2cccc(OC)c2)CCN(Cc2ccccc2)CC1. The predicted molar refractivity (Wildman–Crippen MR) is 94.7 cm³/mol. The van der Waals surface area contributed by atoms with Gasteiger partial charge in [-0.1, -0.05) is 42.5 Å². The molecule has 0 spiro atoms. The second-order valence-corrected chi connectivity index (χ2v) is 6.33. The lowest BCUT2D eigenvalue weighted by atomic mass is 9.81. The van der Waals surface area contributed by atoms with E-state index >= 15 is 0 Å². The van der Waals surface area contributed by atoms with Gasteiger partial charge in [-0.25, -0.2) is 0 Å². The molecule has 0 unspecified atom stereocenters. The van der Waals surface area contributed by atoms with E-state index in [4.69, 9.17) is 4.74 Å². The van der Waals surface area contributed by atoms with Gasteiger partial charge in [0.25, 0.3) is 0 Å². The zero-order valence-corrected chi connectivity index (χ0v) is 14.1. The number of rotatable bonds is 5. The van der Waals surface area contributed by atoms with Crippen LogP contribution in [-0.2, 0) is 12.1 Å². The maximum Gasteiger partial charge on any atom is 0.119 e. The van der Waals surface area contributed by atoms with Crippen LogP contribution in [0.5, 0.6) is 5.75 Å². The van der Waals surface area contributed by atoms with E-state index in [9.17, 15) is 0 Å². The summed E-state index contributed by atoms with van der Waals surface area (Å²) in [7, 11) is 3.81. The Bertz CT molecular complexity index is 619. The van der Waals surface area contributed by atoms with Crippen LogP contribution in [0.2, 0.25) is 0 Å². The van der Waals surface area contributed by atoms with E-state index in [0.717, 1.165) is 38.2 Å². The van der Waals surface area contributed by atoms with Crippen molar-refractivity contribution < 1.29 is 4.74 Å². The van der Waals surface area contributed by atoms with Gasteiger partial charge in [-0.3, -0.25) is 4.90 Å². The molecule has 2 aromatic rings. The van der Waals surface area contributed by atoms with Gasteiger partial charge in [-0.2, -0.15) is 0 Å². The van der Waals surface area contributed by atoms with E-state index in [0.29, 0.717) is 0 Å². The maximum absolute atomic E-state index is 5.40. The first-order valence-corrected chi connectivity index (χ1v) is 8.35. The van der Waals surface area contributed by atoms with Crippen molar-refractivity contribution in [3.05, 3.63) is 65.7 Å². The Kier molecular flexibility index (Phi) is 4.99. The predicted octanol–water partition coefficient (Wildman–Crippen LogP) is 3.41. The van der Waals surface area contributed by atoms with Crippen LogP contribution in [0.4, 0.5) is 0 Å². The van der Waals surface area contributed by atoms with Crippen molar-refractivity contribution in [3.8, 4) is 5.75 Å². The van der Waals surface area contributed by atoms with Crippen LogP contribution in [0.15, 0.2) is 54.6 Å². The Hall–Kier alpha value is -1.84. The summed E-state index contributed by atoms with van der Waals surface area (Å²) in [5.41, 5.74) is 2.78. The molecule has 3 rings (SSSR count). The number of likely N-dealkylation sites (tertiary alicyclic amines) is 1. The van der Waals surface area contributed by atoms with Gasteiger partial charge < -0.3 is 10.1 Å². The van der Waals surface area contributed by atoms with Crippen LogP contribution in [0, 0.1) is 0 Å². The highest BCUT2D eigenvalue weighted by atomic mass is 16.5. The third kappa shape index (κ3) is 3.57. The molecule has 0 atom stereocenters. The Morgan fingerprint density at radius 3 is 2.43 bits per heavy atom. The van der Waals surface area contributed by atoms with Gasteiger partial charge in [0.2, 0.25) is 0 Å². The molecule has 0 aromatic heterocycles. The molecule has 3 nitrogen and oxygen atoms in total. The molecule has 0 bridgehead atoms. The highest BCUT2D eigenvalue weighted by Crippen LogP contribution is 2.34. The molecule has 1 saturated heterocycles. The quantitative estimate of drug-likeness (QED) is 0.916. The minimum atomic E-state index is 0.0573. The first-order valence-electron chi connectivity index (χ1n) is 8.35. The number of nitrogens with one attached hydrogen (secondary N) is 1. The highest BCUT2D eigenvalue weighted by Gasteiger charge is 2.34. The monoisotopic (exact) mass is 310 g/mol. The first kappa shape index (κ1) is 16.0. The van der Waals surface area contributed by atoms with Gasteiger partial charge in [-0.15, -0.1) is 0 Å². The summed E-state index contributed by atoms with van der Waals surface area (Å²) >= 11 is 0. The Labute approximate surface area is 139 Å². The third-order valence-corrected chi connectivity index (χ3v) is 5.06. The summed E-state index contributed by atoms with van der Waals surface area (Å²) in [6.45, 7) is 3.25. The molecule has 122 valence electrons. The van der Waals surface area contributed by atoms with Crippen LogP contribution in [0.3, 0.4) is 0 Å². The lowest BCUT2D eigenvalue weighted by molar-refractivity contribution is 0.134. The van der Waals surface area contributed by atoms with Crippen molar-refractivity contribution >= 4 is 0 Å². The number of methoxy groups -OCH3 is 1. The van der Waals surface area contributed by atoms with E-state index < -0.39 is 0 Å². The fraction of sp³-hybridized carbons (Fsp3) is 0.400. The van der Waals surface area contributed by atoms with Crippen LogP contribution in [0.1, 0.15) is 24.0 Å². The summed E-state index contributed by atoms with van der Waals surface area (Å²) < 4.78 is 5.40. The molecule has 1 aliphatic heterocycles. The summed E-state index contributed by atoms with van der Waals surface area (Å²) in [6.07, 6.45) is 2.23. The van der Waals surface area contributed by atoms with E-state index in [2.05, 4.69) is 65.8 Å². The van der Waals surface area contributed by atoms with Gasteiger partial charge in [0.1, 0.15) is 5.75 Å². The number of piperidine rings is 1. The zero-order chi connectivity index (χ0) is 16.1. The van der Waals surface area contributed by atoms with Crippen molar-refractivity contribution in [1.82, 2.24) is 10.2 Å². The van der Waals surface area contributed by atoms with Crippen molar-refractivity contribution in [2.24, 2.45) is 0 Å². The Morgan fingerprint density at radius 2 is 1.78 bits per heavy atom. The van der Waals surface area contributed by atoms with Crippen molar-refractivity contribution in [2.45, 2.75) is 24.9 Å². The molecule has 0 saturated carbocycles. The third-order valence-electron chi connectivity index (χ3n) is 5.06. The van der Waals surface area contributed by atoms with Gasteiger partial charge >= 0.3 is 0 Å². The molecule has 3 heteroatoms. The fourth-order valence-corrected chi connectivity index (χ4v) is 3.54. The molecule has 2 aromatic carbocycles. The maximum atomic E-state index is 5.40. The van der Waals surface area contributed by atoms with Gasteiger partial charge in [0.05, 0.1) is 7.11 Å². The summed E-state index contributed by atoms with van der Waals surface area (Å²) in [4.78, 5) is 2.55. The number of hydrogen-bond donors (Lipinski definition) is 1. The van der Waals surface area contributed by atoms with E-state index in [1.54, 1.807) is 7.11 Å². The normalized spacial score (nSPS) is 17.8. The fourth-order valence-electron chi connectivity index (χ4n) is 3.54. The van der Waals surface area contributed by atoms with Crippen LogP contribution >= 0.6 is 0 Å². The van der Waals surface area contributed by atoms with E-state index in [-0.39, 0.29) is 5.54 Å². The lowest BCUT2D eigenvalue weighted by Crippen LogP contribution is -2.49. The Morgan fingerprint density at radius 1 is 1.04 bits per heavy atom. The summed E-state index contributed by atoms with van der Waals surface area (Å²) in [5, 5.41) is 3.59. The van der Waals surface area contributed by atoms with Crippen LogP contribution in [0.25, 0.3) is 0 Å². The first-order chi connectivity index (χ1) is 11.3. The summed E-state index contributed by atoms with van der Waals surface area (Å²) in [6, 6.07) is 19.2. The van der Waals surface area contributed by atoms with Crippen molar-refractivity contribution in [2.75, 3.05) is 27.2 Å². The largest absolute Gasteiger partial charge is 0.497 e. The van der Waals surface area contributed by atoms with Crippen LogP contribution < -0.4 is 10.1 Å². The molecule has 1 aliphatic rings. The molecule has 1 N–H and O–H groups in total. The standard InChI is InChI=1S/C20H26N2O/c1-21-20(18-9-6-10-19(15-18)23-2)11-13-22(14-12-20)16-17-7-4-3-5-8-17/h3-10,15,21H,11-14,16H2,1-2H3. The summed E-state index contributed by atoms with van der Waals surface area (Å²) in [5.74, 6) is 0.934. The number of nitrogens with zero attached hydrogens (tertiary/aromatic N) is 1. The highest BCUT2D eigenvalue weighted by molar-refractivity contribution is 5.34. The minimum absolute atomic E-state index is 0.0573. The lowest BCUT2D eigenvalue weighted by Gasteiger charge is -2.42. The molecular weight excluding hydrogens is 284 g/mol. The molecular formula is C20H26N2O. The second-order valence-electron chi connectivity index (χ2n) is 6.33. The number of hydrogen-bond acceptors (Lipinski definition) is 3. The van der Waals surface area contributed by atoms with Crippen LogP contribution in [-0.4, -0.2) is 32.1 Å². The topological polar surface area (TPSA) is 24.5 Å². The van der Waals surface area contributed by atoms with E-state index in [1.165, 1.54) is 11.1 Å². The average Bonchev–Trinajstić information content (AvgIpc) is 2.63. The molecule has 0 aliphatic carbocycles. The zero-order valence-electron chi connectivity index (χ0n) is 14.1.